The van der Waals surface area contributed by atoms with Gasteiger partial charge in [0.15, 0.2) is 0 Å². The Labute approximate surface area is 205 Å². The number of aryl methyl sites for hydroxylation is 1. The number of carboxylic acid groups (broad SMARTS) is 1. The molecular weight excluding hydrogens is 473 g/mol. The fourth-order valence-electron chi connectivity index (χ4n) is 4.52. The summed E-state index contributed by atoms with van der Waals surface area (Å²) >= 11 is 12.8. The predicted molar refractivity (Wildman–Crippen MR) is 129 cm³/mol. The van der Waals surface area contributed by atoms with E-state index in [1.807, 2.05) is 24.3 Å². The molecule has 32 heavy (non-hydrogen) atoms. The molecule has 2 aliphatic heterocycles. The van der Waals surface area contributed by atoms with Gasteiger partial charge in [-0.25, -0.2) is 0 Å². The third-order valence-electron chi connectivity index (χ3n) is 6.51. The van der Waals surface area contributed by atoms with Crippen LogP contribution in [0, 0.1) is 0 Å². The number of nitrogens with zero attached hydrogens (tertiary/aromatic N) is 1. The fourth-order valence-corrected chi connectivity index (χ4v) is 5.14. The van der Waals surface area contributed by atoms with Gasteiger partial charge in [-0.3, -0.25) is 4.79 Å². The van der Waals surface area contributed by atoms with Crippen LogP contribution in [0.4, 0.5) is 0 Å². The summed E-state index contributed by atoms with van der Waals surface area (Å²) in [5, 5.41) is 10.2. The summed E-state index contributed by atoms with van der Waals surface area (Å²) in [6.45, 7) is 5.40. The first kappa shape index (κ1) is 25.0. The number of carbonyl (C=O) groups is 1. The standard InChI is InChI=1S/C24H27Cl2NO4.ClH/c1-2-16-3-6-20(25)18(23(16)26)14-30-17-4-5-19-21(13-17)31-15-24(19)8-11-27(12-9-24)10-7-22(28)29;/h3-6,13H,2,7-12,14-15H2,1H3,(H,28,29);1H. The Balaban J connectivity index is 0.00000289. The van der Waals surface area contributed by atoms with Crippen LogP contribution in [-0.4, -0.2) is 42.2 Å². The van der Waals surface area contributed by atoms with Gasteiger partial charge >= 0.3 is 5.97 Å². The fraction of sp³-hybridized carbons (Fsp3) is 0.458. The second-order valence-electron chi connectivity index (χ2n) is 8.35. The number of piperidine rings is 1. The van der Waals surface area contributed by atoms with Crippen LogP contribution in [0.5, 0.6) is 11.5 Å². The highest BCUT2D eigenvalue weighted by atomic mass is 35.5. The number of ether oxygens (including phenoxy) is 2. The lowest BCUT2D eigenvalue weighted by Gasteiger charge is -2.38. The molecule has 2 aromatic rings. The molecule has 2 aromatic carbocycles. The topological polar surface area (TPSA) is 59.0 Å². The van der Waals surface area contributed by atoms with Crippen LogP contribution in [0.25, 0.3) is 0 Å². The van der Waals surface area contributed by atoms with Gasteiger partial charge in [-0.05, 0) is 50.0 Å². The number of hydrogen-bond donors (Lipinski definition) is 1. The molecule has 8 heteroatoms. The molecule has 0 aromatic heterocycles. The van der Waals surface area contributed by atoms with E-state index in [1.165, 1.54) is 5.56 Å². The molecule has 5 nitrogen and oxygen atoms in total. The summed E-state index contributed by atoms with van der Waals surface area (Å²) < 4.78 is 12.1. The van der Waals surface area contributed by atoms with E-state index in [0.717, 1.165) is 55.0 Å². The summed E-state index contributed by atoms with van der Waals surface area (Å²) in [6, 6.07) is 9.85. The van der Waals surface area contributed by atoms with Crippen molar-refractivity contribution in [2.24, 2.45) is 0 Å². The van der Waals surface area contributed by atoms with Gasteiger partial charge in [0.05, 0.1) is 18.1 Å². The molecule has 4 rings (SSSR count). The van der Waals surface area contributed by atoms with E-state index in [1.54, 1.807) is 0 Å². The zero-order chi connectivity index (χ0) is 22.0. The summed E-state index contributed by atoms with van der Waals surface area (Å²) in [5.41, 5.74) is 3.09. The number of fused-ring (bicyclic) bond motifs is 2. The molecule has 0 saturated carbocycles. The van der Waals surface area contributed by atoms with Crippen molar-refractivity contribution in [3.8, 4) is 11.5 Å². The van der Waals surface area contributed by atoms with E-state index in [4.69, 9.17) is 37.8 Å². The highest BCUT2D eigenvalue weighted by Crippen LogP contribution is 2.46. The Morgan fingerprint density at radius 2 is 1.97 bits per heavy atom. The monoisotopic (exact) mass is 499 g/mol. The zero-order valence-electron chi connectivity index (χ0n) is 18.0. The number of rotatable bonds is 7. The lowest BCUT2D eigenvalue weighted by molar-refractivity contribution is -0.137. The highest BCUT2D eigenvalue weighted by molar-refractivity contribution is 6.36. The maximum absolute atomic E-state index is 10.8. The minimum absolute atomic E-state index is 0. The first-order valence-corrected chi connectivity index (χ1v) is 11.5. The van der Waals surface area contributed by atoms with Crippen LogP contribution in [0.15, 0.2) is 30.3 Å². The number of hydrogen-bond acceptors (Lipinski definition) is 4. The van der Waals surface area contributed by atoms with Crippen LogP contribution in [0.1, 0.15) is 42.9 Å². The van der Waals surface area contributed by atoms with Crippen molar-refractivity contribution in [3.05, 3.63) is 57.1 Å². The van der Waals surface area contributed by atoms with Crippen molar-refractivity contribution in [2.75, 3.05) is 26.2 Å². The first-order valence-electron chi connectivity index (χ1n) is 10.7. The summed E-state index contributed by atoms with van der Waals surface area (Å²) in [5.74, 6) is 0.853. The summed E-state index contributed by atoms with van der Waals surface area (Å²) in [7, 11) is 0. The van der Waals surface area contributed by atoms with Crippen molar-refractivity contribution in [3.63, 3.8) is 0 Å². The second-order valence-corrected chi connectivity index (χ2v) is 9.14. The molecular formula is C24H28Cl3NO4. The molecule has 1 saturated heterocycles. The maximum atomic E-state index is 10.8. The van der Waals surface area contributed by atoms with Crippen molar-refractivity contribution in [1.29, 1.82) is 0 Å². The van der Waals surface area contributed by atoms with E-state index in [9.17, 15) is 4.79 Å². The molecule has 174 valence electrons. The molecule has 0 radical (unpaired) electrons. The molecule has 1 N–H and O–H groups in total. The average molecular weight is 501 g/mol. The molecule has 0 aliphatic carbocycles. The Bertz CT molecular complexity index is 974. The lowest BCUT2D eigenvalue weighted by Crippen LogP contribution is -2.44. The smallest absolute Gasteiger partial charge is 0.304 e. The maximum Gasteiger partial charge on any atom is 0.304 e. The molecule has 1 spiro atoms. The SMILES string of the molecule is CCc1ccc(Cl)c(COc2ccc3c(c2)OCC32CCN(CCC(=O)O)CC2)c1Cl.Cl. The second kappa shape index (κ2) is 10.5. The number of carboxylic acids is 1. The number of benzene rings is 2. The Morgan fingerprint density at radius 3 is 2.66 bits per heavy atom. The molecule has 0 amide bonds. The van der Waals surface area contributed by atoms with Gasteiger partial charge in [0.25, 0.3) is 0 Å². The molecule has 2 aliphatic rings. The number of halogens is 3. The van der Waals surface area contributed by atoms with Gasteiger partial charge in [-0.2, -0.15) is 0 Å². The molecule has 0 atom stereocenters. The lowest BCUT2D eigenvalue weighted by atomic mass is 9.74. The third-order valence-corrected chi connectivity index (χ3v) is 7.34. The summed E-state index contributed by atoms with van der Waals surface area (Å²) in [4.78, 5) is 13.1. The van der Waals surface area contributed by atoms with E-state index >= 15 is 0 Å². The van der Waals surface area contributed by atoms with Crippen LogP contribution in [0.2, 0.25) is 10.0 Å². The van der Waals surface area contributed by atoms with Crippen molar-refractivity contribution < 1.29 is 19.4 Å². The quantitative estimate of drug-likeness (QED) is 0.524. The van der Waals surface area contributed by atoms with Gasteiger partial charge in [0.1, 0.15) is 18.1 Å². The third kappa shape index (κ3) is 5.12. The zero-order valence-corrected chi connectivity index (χ0v) is 20.4. The normalized spacial score (nSPS) is 16.8. The van der Waals surface area contributed by atoms with Crippen LogP contribution >= 0.6 is 35.6 Å². The van der Waals surface area contributed by atoms with E-state index in [0.29, 0.717) is 29.8 Å². The van der Waals surface area contributed by atoms with Crippen LogP contribution in [0.3, 0.4) is 0 Å². The predicted octanol–water partition coefficient (Wildman–Crippen LogP) is 5.76. The van der Waals surface area contributed by atoms with E-state index < -0.39 is 5.97 Å². The van der Waals surface area contributed by atoms with Crippen molar-refractivity contribution in [1.82, 2.24) is 4.90 Å². The van der Waals surface area contributed by atoms with E-state index in [-0.39, 0.29) is 24.2 Å². The first-order chi connectivity index (χ1) is 14.9. The molecule has 1 fully saturated rings. The van der Waals surface area contributed by atoms with Crippen LogP contribution in [-0.2, 0) is 23.2 Å². The van der Waals surface area contributed by atoms with Gasteiger partial charge in [0, 0.05) is 34.2 Å². The van der Waals surface area contributed by atoms with Crippen LogP contribution < -0.4 is 9.47 Å². The highest BCUT2D eigenvalue weighted by Gasteiger charge is 2.43. The molecule has 2 heterocycles. The molecule has 0 bridgehead atoms. The van der Waals surface area contributed by atoms with E-state index in [2.05, 4.69) is 17.9 Å². The van der Waals surface area contributed by atoms with Gasteiger partial charge in [-0.15, -0.1) is 12.4 Å². The molecule has 0 unspecified atom stereocenters. The average Bonchev–Trinajstić information content (AvgIpc) is 3.11. The van der Waals surface area contributed by atoms with Crippen molar-refractivity contribution >= 4 is 41.6 Å². The van der Waals surface area contributed by atoms with Gasteiger partial charge < -0.3 is 19.5 Å². The number of aliphatic carboxylic acids is 1. The summed E-state index contributed by atoms with van der Waals surface area (Å²) in [6.07, 6.45) is 2.96. The Morgan fingerprint density at radius 1 is 1.22 bits per heavy atom. The number of likely N-dealkylation sites (tertiary alicyclic amines) is 1. The largest absolute Gasteiger partial charge is 0.492 e. The van der Waals surface area contributed by atoms with Crippen molar-refractivity contribution in [2.45, 2.75) is 44.6 Å². The van der Waals surface area contributed by atoms with Gasteiger partial charge in [-0.1, -0.05) is 42.3 Å². The minimum atomic E-state index is -0.744. The Hall–Kier alpha value is -1.66. The van der Waals surface area contributed by atoms with Gasteiger partial charge in [0.2, 0.25) is 0 Å². The minimum Gasteiger partial charge on any atom is -0.492 e. The Kier molecular flexibility index (Phi) is 8.21.